The number of aryl methyl sites for hydroxylation is 1. The molecule has 4 rings (SSSR count). The number of benzene rings is 2. The van der Waals surface area contributed by atoms with E-state index in [0.29, 0.717) is 22.0 Å². The Kier molecular flexibility index (Phi) is 5.37. The summed E-state index contributed by atoms with van der Waals surface area (Å²) in [4.78, 5) is 30.7. The van der Waals surface area contributed by atoms with Crippen LogP contribution in [0.3, 0.4) is 0 Å². The lowest BCUT2D eigenvalue weighted by molar-refractivity contribution is -0.120. The van der Waals surface area contributed by atoms with Crippen LogP contribution in [0, 0.1) is 6.92 Å². The molecule has 3 aromatic rings. The maximum Gasteiger partial charge on any atom is 0.282 e. The molecule has 0 radical (unpaired) electrons. The van der Waals surface area contributed by atoms with Gasteiger partial charge in [0.05, 0.1) is 11.3 Å². The largest absolute Gasteiger partial charge is 0.378 e. The molecule has 1 aromatic heterocycles. The van der Waals surface area contributed by atoms with Crippen LogP contribution in [0.1, 0.15) is 10.4 Å². The highest BCUT2D eigenvalue weighted by Crippen LogP contribution is 2.36. The highest BCUT2D eigenvalue weighted by atomic mass is 35.5. The first-order chi connectivity index (χ1) is 14.4. The molecule has 0 unspecified atom stereocenters. The van der Waals surface area contributed by atoms with Crippen LogP contribution in [0.2, 0.25) is 5.02 Å². The van der Waals surface area contributed by atoms with Crippen LogP contribution < -0.4 is 15.1 Å². The number of hydrogen-bond acceptors (Lipinski definition) is 5. The average molecular weight is 438 g/mol. The van der Waals surface area contributed by atoms with Crippen LogP contribution in [0.15, 0.2) is 65.7 Å². The standard InChI is InChI=1S/C23H20ClN3O2S/c1-14-9-10-15(12-18(14)24)25-21-20(19-8-5-11-30-19)22(28)27(23(21)29)17-7-4-6-16(13-17)26(2)3/h4-13,25H,1-3H3. The van der Waals surface area contributed by atoms with E-state index in [0.717, 1.165) is 16.1 Å². The number of anilines is 3. The van der Waals surface area contributed by atoms with E-state index in [-0.39, 0.29) is 11.6 Å². The van der Waals surface area contributed by atoms with Gasteiger partial charge in [-0.2, -0.15) is 0 Å². The summed E-state index contributed by atoms with van der Waals surface area (Å²) in [6, 6.07) is 16.5. The molecule has 0 saturated carbocycles. The number of carbonyl (C=O) groups is 2. The van der Waals surface area contributed by atoms with Gasteiger partial charge >= 0.3 is 0 Å². The summed E-state index contributed by atoms with van der Waals surface area (Å²) in [7, 11) is 3.83. The minimum absolute atomic E-state index is 0.248. The first kappa shape index (κ1) is 20.2. The van der Waals surface area contributed by atoms with Crippen molar-refractivity contribution in [1.29, 1.82) is 0 Å². The van der Waals surface area contributed by atoms with E-state index < -0.39 is 5.91 Å². The molecule has 152 valence electrons. The zero-order chi connectivity index (χ0) is 21.4. The van der Waals surface area contributed by atoms with Gasteiger partial charge in [0.1, 0.15) is 5.70 Å². The van der Waals surface area contributed by atoms with Crippen LogP contribution in [0.25, 0.3) is 5.57 Å². The molecule has 30 heavy (non-hydrogen) atoms. The second kappa shape index (κ2) is 7.97. The fourth-order valence-corrected chi connectivity index (χ4v) is 4.20. The van der Waals surface area contributed by atoms with Gasteiger partial charge in [-0.05, 0) is 54.3 Å². The molecule has 2 aromatic carbocycles. The summed E-state index contributed by atoms with van der Waals surface area (Å²) in [5, 5.41) is 5.62. The quantitative estimate of drug-likeness (QED) is 0.559. The van der Waals surface area contributed by atoms with Gasteiger partial charge in [0.15, 0.2) is 0 Å². The van der Waals surface area contributed by atoms with Gasteiger partial charge in [0.2, 0.25) is 0 Å². The summed E-state index contributed by atoms with van der Waals surface area (Å²) < 4.78 is 0. The summed E-state index contributed by atoms with van der Waals surface area (Å²) in [6.07, 6.45) is 0. The van der Waals surface area contributed by atoms with Crippen molar-refractivity contribution in [2.75, 3.05) is 29.2 Å². The lowest BCUT2D eigenvalue weighted by Crippen LogP contribution is -2.32. The number of hydrogen-bond donors (Lipinski definition) is 1. The molecule has 1 aliphatic rings. The highest BCUT2D eigenvalue weighted by Gasteiger charge is 2.40. The smallest absolute Gasteiger partial charge is 0.282 e. The van der Waals surface area contributed by atoms with E-state index in [4.69, 9.17) is 11.6 Å². The van der Waals surface area contributed by atoms with E-state index in [2.05, 4.69) is 5.32 Å². The maximum absolute atomic E-state index is 13.4. The minimum atomic E-state index is -0.393. The number of imide groups is 1. The number of nitrogens with zero attached hydrogens (tertiary/aromatic N) is 2. The average Bonchev–Trinajstić information content (AvgIpc) is 3.32. The Bertz CT molecular complexity index is 1170. The number of halogens is 1. The Hall–Kier alpha value is -3.09. The number of rotatable bonds is 5. The number of thiophene rings is 1. The van der Waals surface area contributed by atoms with Crippen molar-refractivity contribution >= 4 is 57.4 Å². The van der Waals surface area contributed by atoms with Gasteiger partial charge in [0.25, 0.3) is 11.8 Å². The highest BCUT2D eigenvalue weighted by molar-refractivity contribution is 7.11. The maximum atomic E-state index is 13.4. The van der Waals surface area contributed by atoms with Gasteiger partial charge in [-0.15, -0.1) is 11.3 Å². The van der Waals surface area contributed by atoms with E-state index in [1.165, 1.54) is 16.2 Å². The normalized spacial score (nSPS) is 13.9. The molecule has 2 heterocycles. The third kappa shape index (κ3) is 3.60. The van der Waals surface area contributed by atoms with E-state index in [1.807, 2.05) is 73.8 Å². The molecular weight excluding hydrogens is 418 g/mol. The summed E-state index contributed by atoms with van der Waals surface area (Å²) in [5.41, 5.74) is 3.63. The molecular formula is C23H20ClN3O2S. The topological polar surface area (TPSA) is 52.7 Å². The second-order valence-corrected chi connectivity index (χ2v) is 8.53. The number of amides is 2. The van der Waals surface area contributed by atoms with Gasteiger partial charge in [0, 0.05) is 35.4 Å². The third-order valence-corrected chi connectivity index (χ3v) is 6.19. The fraction of sp³-hybridized carbons (Fsp3) is 0.130. The first-order valence-electron chi connectivity index (χ1n) is 9.34. The molecule has 2 amide bonds. The Morgan fingerprint density at radius 1 is 1.00 bits per heavy atom. The first-order valence-corrected chi connectivity index (χ1v) is 10.6. The Morgan fingerprint density at radius 2 is 1.80 bits per heavy atom. The summed E-state index contributed by atoms with van der Waals surface area (Å²) in [6.45, 7) is 1.91. The van der Waals surface area contributed by atoms with Gasteiger partial charge in [-0.3, -0.25) is 9.59 Å². The van der Waals surface area contributed by atoms with E-state index in [9.17, 15) is 9.59 Å². The summed E-state index contributed by atoms with van der Waals surface area (Å²) >= 11 is 7.67. The predicted octanol–water partition coefficient (Wildman–Crippen LogP) is 5.17. The number of carbonyl (C=O) groups excluding carboxylic acids is 2. The van der Waals surface area contributed by atoms with Gasteiger partial charge < -0.3 is 10.2 Å². The van der Waals surface area contributed by atoms with Crippen LogP contribution in [-0.2, 0) is 9.59 Å². The third-order valence-electron chi connectivity index (χ3n) is 4.90. The van der Waals surface area contributed by atoms with Crippen molar-refractivity contribution in [1.82, 2.24) is 0 Å². The molecule has 0 atom stereocenters. The summed E-state index contributed by atoms with van der Waals surface area (Å²) in [5.74, 6) is -0.741. The van der Waals surface area contributed by atoms with Crippen molar-refractivity contribution in [2.45, 2.75) is 6.92 Å². The Balaban J connectivity index is 1.79. The van der Waals surface area contributed by atoms with E-state index >= 15 is 0 Å². The SMILES string of the molecule is Cc1ccc(NC2=C(c3cccs3)C(=O)N(c3cccc(N(C)C)c3)C2=O)cc1Cl. The molecule has 1 aliphatic heterocycles. The van der Waals surface area contributed by atoms with Crippen molar-refractivity contribution in [3.8, 4) is 0 Å². The zero-order valence-electron chi connectivity index (χ0n) is 16.8. The second-order valence-electron chi connectivity index (χ2n) is 7.18. The Labute approximate surface area is 184 Å². The minimum Gasteiger partial charge on any atom is -0.378 e. The van der Waals surface area contributed by atoms with Crippen LogP contribution in [-0.4, -0.2) is 25.9 Å². The Morgan fingerprint density at radius 3 is 2.47 bits per heavy atom. The molecule has 5 nitrogen and oxygen atoms in total. The van der Waals surface area contributed by atoms with Crippen LogP contribution in [0.4, 0.5) is 17.1 Å². The van der Waals surface area contributed by atoms with Crippen molar-refractivity contribution < 1.29 is 9.59 Å². The van der Waals surface area contributed by atoms with Crippen molar-refractivity contribution in [2.24, 2.45) is 0 Å². The monoisotopic (exact) mass is 437 g/mol. The van der Waals surface area contributed by atoms with Crippen LogP contribution in [0.5, 0.6) is 0 Å². The lowest BCUT2D eigenvalue weighted by atomic mass is 10.1. The molecule has 7 heteroatoms. The van der Waals surface area contributed by atoms with Gasteiger partial charge in [-0.25, -0.2) is 4.90 Å². The van der Waals surface area contributed by atoms with Crippen LogP contribution >= 0.6 is 22.9 Å². The van der Waals surface area contributed by atoms with E-state index in [1.54, 1.807) is 12.1 Å². The van der Waals surface area contributed by atoms with Gasteiger partial charge in [-0.1, -0.05) is 29.8 Å². The molecule has 1 N–H and O–H groups in total. The van der Waals surface area contributed by atoms with Crippen molar-refractivity contribution in [3.63, 3.8) is 0 Å². The predicted molar refractivity (Wildman–Crippen MR) is 124 cm³/mol. The lowest BCUT2D eigenvalue weighted by Gasteiger charge is -2.19. The molecule has 0 fully saturated rings. The molecule has 0 aliphatic carbocycles. The van der Waals surface area contributed by atoms with Crippen molar-refractivity contribution in [3.05, 3.63) is 81.1 Å². The molecule has 0 spiro atoms. The fourth-order valence-electron chi connectivity index (χ4n) is 3.25. The molecule has 0 saturated heterocycles. The molecule has 0 bridgehead atoms. The number of nitrogens with one attached hydrogen (secondary N) is 1. The zero-order valence-corrected chi connectivity index (χ0v) is 18.3.